The fourth-order valence-electron chi connectivity index (χ4n) is 4.11. The van der Waals surface area contributed by atoms with Crippen molar-refractivity contribution in [3.63, 3.8) is 0 Å². The van der Waals surface area contributed by atoms with Crippen molar-refractivity contribution >= 4 is 40.2 Å². The van der Waals surface area contributed by atoms with Gasteiger partial charge in [-0.2, -0.15) is 0 Å². The number of aryl methyl sites for hydroxylation is 2. The number of aliphatic hydroxyl groups excluding tert-OH is 1. The van der Waals surface area contributed by atoms with Crippen molar-refractivity contribution in [3.05, 3.63) is 41.0 Å². The van der Waals surface area contributed by atoms with Crippen LogP contribution in [0.3, 0.4) is 0 Å². The summed E-state index contributed by atoms with van der Waals surface area (Å²) in [4.78, 5) is 32.5. The summed E-state index contributed by atoms with van der Waals surface area (Å²) in [5.41, 5.74) is 5.09. The molecule has 1 aromatic heterocycles. The molecule has 0 aliphatic carbocycles. The molecule has 1 aliphatic heterocycles. The van der Waals surface area contributed by atoms with E-state index in [0.717, 1.165) is 21.7 Å². The summed E-state index contributed by atoms with van der Waals surface area (Å²) in [6, 6.07) is 7.46. The monoisotopic (exact) mass is 473 g/mol. The average molecular weight is 474 g/mol. The number of ketones is 1. The van der Waals surface area contributed by atoms with Crippen molar-refractivity contribution in [2.24, 2.45) is 5.92 Å². The largest absolute Gasteiger partial charge is 0.391 e. The van der Waals surface area contributed by atoms with Gasteiger partial charge in [0.2, 0.25) is 5.91 Å². The van der Waals surface area contributed by atoms with E-state index >= 15 is 0 Å². The van der Waals surface area contributed by atoms with Crippen LogP contribution < -0.4 is 5.32 Å². The van der Waals surface area contributed by atoms with E-state index in [4.69, 9.17) is 12.2 Å². The van der Waals surface area contributed by atoms with Crippen LogP contribution in [0.1, 0.15) is 44.9 Å². The van der Waals surface area contributed by atoms with E-state index in [1.54, 1.807) is 11.3 Å². The number of Topliss-reactive ketones (excluding diaryl/α,β-unsaturated/α-hetero) is 1. The number of carbonyl (C=O) groups excluding carboxylic acids is 2. The van der Waals surface area contributed by atoms with Gasteiger partial charge in [-0.05, 0) is 30.4 Å². The highest BCUT2D eigenvalue weighted by atomic mass is 32.1. The van der Waals surface area contributed by atoms with Crippen molar-refractivity contribution in [1.29, 1.82) is 0 Å². The number of thiazole rings is 1. The second-order valence-corrected chi connectivity index (χ2v) is 10.0. The first-order valence-corrected chi connectivity index (χ1v) is 12.2. The molecule has 0 spiro atoms. The Hall–Kier alpha value is -2.16. The summed E-state index contributed by atoms with van der Waals surface area (Å²) in [6.07, 6.45) is 0.775. The topological polar surface area (TPSA) is 82.5 Å². The van der Waals surface area contributed by atoms with Crippen LogP contribution in [0.15, 0.2) is 29.8 Å². The van der Waals surface area contributed by atoms with Gasteiger partial charge in [0.1, 0.15) is 4.99 Å². The molecule has 2 aromatic rings. The Bertz CT molecular complexity index is 971. The van der Waals surface area contributed by atoms with E-state index < -0.39 is 12.1 Å². The molecule has 1 aromatic carbocycles. The van der Waals surface area contributed by atoms with Crippen LogP contribution in [-0.2, 0) is 16.0 Å². The highest BCUT2D eigenvalue weighted by molar-refractivity contribution is 7.80. The molecule has 3 rings (SSSR count). The summed E-state index contributed by atoms with van der Waals surface area (Å²) < 4.78 is 0. The Morgan fingerprint density at radius 2 is 2.00 bits per heavy atom. The maximum Gasteiger partial charge on any atom is 0.217 e. The van der Waals surface area contributed by atoms with Gasteiger partial charge in [0.25, 0.3) is 0 Å². The Morgan fingerprint density at radius 1 is 1.31 bits per heavy atom. The molecule has 32 heavy (non-hydrogen) atoms. The van der Waals surface area contributed by atoms with Gasteiger partial charge in [-0.15, -0.1) is 11.3 Å². The summed E-state index contributed by atoms with van der Waals surface area (Å²) in [5.74, 6) is -0.0113. The number of aliphatic hydroxyl groups is 1. The number of rotatable bonds is 8. The first kappa shape index (κ1) is 24.5. The lowest BCUT2D eigenvalue weighted by atomic mass is 9.99. The smallest absolute Gasteiger partial charge is 0.217 e. The van der Waals surface area contributed by atoms with Crippen LogP contribution >= 0.6 is 23.6 Å². The van der Waals surface area contributed by atoms with Gasteiger partial charge in [-0.25, -0.2) is 4.98 Å². The zero-order valence-corrected chi connectivity index (χ0v) is 20.6. The number of aromatic nitrogens is 1. The third kappa shape index (κ3) is 5.79. The molecule has 0 unspecified atom stereocenters. The lowest BCUT2D eigenvalue weighted by molar-refractivity contribution is -0.122. The van der Waals surface area contributed by atoms with E-state index in [1.165, 1.54) is 6.92 Å². The van der Waals surface area contributed by atoms with E-state index in [1.807, 2.05) is 31.2 Å². The van der Waals surface area contributed by atoms with Crippen LogP contribution in [-0.4, -0.2) is 56.4 Å². The molecule has 2 N–H and O–H groups in total. The van der Waals surface area contributed by atoms with Crippen molar-refractivity contribution in [3.8, 4) is 10.4 Å². The van der Waals surface area contributed by atoms with E-state index in [0.29, 0.717) is 30.8 Å². The van der Waals surface area contributed by atoms with Crippen molar-refractivity contribution in [2.75, 3.05) is 6.54 Å². The third-order valence-corrected chi connectivity index (χ3v) is 7.31. The third-order valence-electron chi connectivity index (χ3n) is 5.85. The zero-order chi connectivity index (χ0) is 23.4. The quantitative estimate of drug-likeness (QED) is 0.571. The molecule has 0 saturated carbocycles. The minimum absolute atomic E-state index is 0.0663. The van der Waals surface area contributed by atoms with Crippen LogP contribution in [0, 0.1) is 12.8 Å². The molecule has 172 valence electrons. The number of amides is 1. The van der Waals surface area contributed by atoms with Gasteiger partial charge >= 0.3 is 0 Å². The number of likely N-dealkylation sites (tertiary alicyclic amines) is 1. The zero-order valence-electron chi connectivity index (χ0n) is 19.0. The molecule has 2 heterocycles. The fourth-order valence-corrected chi connectivity index (χ4v) is 5.45. The molecule has 1 fully saturated rings. The van der Waals surface area contributed by atoms with E-state index in [-0.39, 0.29) is 23.7 Å². The molecule has 1 saturated heterocycles. The predicted molar refractivity (Wildman–Crippen MR) is 132 cm³/mol. The van der Waals surface area contributed by atoms with Gasteiger partial charge in [0.15, 0.2) is 5.78 Å². The minimum atomic E-state index is -0.603. The van der Waals surface area contributed by atoms with Gasteiger partial charge in [0.05, 0.1) is 34.3 Å². The maximum absolute atomic E-state index is 13.1. The van der Waals surface area contributed by atoms with Crippen molar-refractivity contribution in [1.82, 2.24) is 15.2 Å². The molecule has 3 atom stereocenters. The second-order valence-electron chi connectivity index (χ2n) is 8.75. The van der Waals surface area contributed by atoms with Gasteiger partial charge in [-0.3, -0.25) is 9.59 Å². The number of nitrogens with one attached hydrogen (secondary N) is 1. The molecule has 1 amide bonds. The minimum Gasteiger partial charge on any atom is -0.391 e. The molecular formula is C24H31N3O3S2. The summed E-state index contributed by atoms with van der Waals surface area (Å²) in [7, 11) is 0. The molecule has 6 nitrogen and oxygen atoms in total. The Morgan fingerprint density at radius 3 is 2.56 bits per heavy atom. The van der Waals surface area contributed by atoms with Gasteiger partial charge < -0.3 is 15.3 Å². The fraction of sp³-hybridized carbons (Fsp3) is 0.500. The highest BCUT2D eigenvalue weighted by Gasteiger charge is 2.39. The standard InChI is InChI=1S/C24H31N3O3S2/c1-14(2)22(26-16(4)28)24(31)27-12-19(29)11-20(27)21(30)10-7-17-5-8-18(9-6-17)23-15(3)25-13-32-23/h5-6,8-9,13-14,19-20,22,29H,7,10-12H2,1-4H3,(H,26,28)/t19-,20+,22+/m1/s1. The maximum atomic E-state index is 13.1. The first-order chi connectivity index (χ1) is 15.2. The average Bonchev–Trinajstić information content (AvgIpc) is 3.35. The van der Waals surface area contributed by atoms with Gasteiger partial charge in [0, 0.05) is 26.3 Å². The molecular weight excluding hydrogens is 442 g/mol. The van der Waals surface area contributed by atoms with Gasteiger partial charge in [-0.1, -0.05) is 50.3 Å². The molecule has 0 bridgehead atoms. The number of carbonyl (C=O) groups is 2. The van der Waals surface area contributed by atoms with Crippen molar-refractivity contribution in [2.45, 2.75) is 65.1 Å². The van der Waals surface area contributed by atoms with Crippen molar-refractivity contribution < 1.29 is 14.7 Å². The van der Waals surface area contributed by atoms with Crippen LogP contribution in [0.5, 0.6) is 0 Å². The first-order valence-electron chi connectivity index (χ1n) is 10.9. The number of β-amino-alcohol motifs (C(OH)–C–C–N with tert-alkyl or cyclic N) is 1. The Labute approximate surface area is 199 Å². The predicted octanol–water partition coefficient (Wildman–Crippen LogP) is 3.54. The normalized spacial score (nSPS) is 19.2. The van der Waals surface area contributed by atoms with Crippen LogP contribution in [0.2, 0.25) is 0 Å². The summed E-state index contributed by atoms with van der Waals surface area (Å²) in [5, 5.41) is 13.1. The highest BCUT2D eigenvalue weighted by Crippen LogP contribution is 2.28. The Kier molecular flexibility index (Phi) is 8.14. The molecule has 0 radical (unpaired) electrons. The van der Waals surface area contributed by atoms with Crippen LogP contribution in [0.25, 0.3) is 10.4 Å². The Balaban J connectivity index is 1.64. The number of hydrogen-bond donors (Lipinski definition) is 2. The lowest BCUT2D eigenvalue weighted by Crippen LogP contribution is -2.52. The van der Waals surface area contributed by atoms with E-state index in [9.17, 15) is 14.7 Å². The number of nitrogens with zero attached hydrogens (tertiary/aromatic N) is 2. The molecule has 1 aliphatic rings. The number of benzene rings is 1. The SMILES string of the molecule is CC(=O)N[C@H](C(=S)N1C[C@H](O)C[C@H]1C(=O)CCc1ccc(-c2scnc2C)cc1)C(C)C. The summed E-state index contributed by atoms with van der Waals surface area (Å²) in [6.45, 7) is 7.74. The summed E-state index contributed by atoms with van der Waals surface area (Å²) >= 11 is 7.29. The van der Waals surface area contributed by atoms with E-state index in [2.05, 4.69) is 34.6 Å². The van der Waals surface area contributed by atoms with Crippen LogP contribution in [0.4, 0.5) is 0 Å². The molecule has 8 heteroatoms. The second kappa shape index (κ2) is 10.6. The lowest BCUT2D eigenvalue weighted by Gasteiger charge is -2.33. The number of thiocarbonyl (C=S) groups is 1. The number of hydrogen-bond acceptors (Lipinski definition) is 6.